The molecule has 2 aromatic rings. The van der Waals surface area contributed by atoms with Gasteiger partial charge < -0.3 is 5.32 Å². The molecule has 1 heterocycles. The van der Waals surface area contributed by atoms with Crippen molar-refractivity contribution in [2.24, 2.45) is 0 Å². The molecule has 0 aliphatic heterocycles. The Morgan fingerprint density at radius 3 is 2.50 bits per heavy atom. The van der Waals surface area contributed by atoms with Gasteiger partial charge in [-0.15, -0.1) is 0 Å². The second-order valence-corrected chi connectivity index (χ2v) is 6.36. The summed E-state index contributed by atoms with van der Waals surface area (Å²) in [4.78, 5) is 16.4. The highest BCUT2D eigenvalue weighted by molar-refractivity contribution is 5.41. The van der Waals surface area contributed by atoms with Crippen LogP contribution in [0.25, 0.3) is 0 Å². The van der Waals surface area contributed by atoms with Crippen LogP contribution < -0.4 is 11.0 Å². The van der Waals surface area contributed by atoms with E-state index in [9.17, 15) is 4.79 Å². The molecule has 24 heavy (non-hydrogen) atoms. The lowest BCUT2D eigenvalue weighted by atomic mass is 10.1. The molecule has 1 N–H and O–H groups in total. The molecule has 0 saturated carbocycles. The Morgan fingerprint density at radius 2 is 1.75 bits per heavy atom. The third kappa shape index (κ3) is 5.84. The first-order valence-electron chi connectivity index (χ1n) is 9.06. The Kier molecular flexibility index (Phi) is 7.53. The van der Waals surface area contributed by atoms with Crippen molar-refractivity contribution in [2.45, 2.75) is 58.9 Å². The molecular weight excluding hydrogens is 298 g/mol. The summed E-state index contributed by atoms with van der Waals surface area (Å²) in [7, 11) is 0. The first-order chi connectivity index (χ1) is 11.7. The third-order valence-electron chi connectivity index (χ3n) is 4.19. The average Bonchev–Trinajstić information content (AvgIpc) is 2.59. The van der Waals surface area contributed by atoms with Crippen LogP contribution in [-0.4, -0.2) is 16.1 Å². The van der Waals surface area contributed by atoms with E-state index in [1.165, 1.54) is 32.1 Å². The van der Waals surface area contributed by atoms with E-state index in [0.29, 0.717) is 6.54 Å². The molecule has 4 nitrogen and oxygen atoms in total. The van der Waals surface area contributed by atoms with Gasteiger partial charge in [0, 0.05) is 18.3 Å². The summed E-state index contributed by atoms with van der Waals surface area (Å²) >= 11 is 0. The molecule has 1 aromatic heterocycles. The van der Waals surface area contributed by atoms with Crippen LogP contribution in [0.5, 0.6) is 0 Å². The van der Waals surface area contributed by atoms with E-state index < -0.39 is 0 Å². The number of hydrogen-bond acceptors (Lipinski definition) is 3. The van der Waals surface area contributed by atoms with E-state index in [1.807, 2.05) is 43.5 Å². The minimum Gasteiger partial charge on any atom is -0.370 e. The van der Waals surface area contributed by atoms with Crippen LogP contribution in [0.3, 0.4) is 0 Å². The first kappa shape index (κ1) is 18.2. The first-order valence-corrected chi connectivity index (χ1v) is 9.06. The maximum absolute atomic E-state index is 12.2. The second-order valence-electron chi connectivity index (χ2n) is 6.36. The van der Waals surface area contributed by atoms with Gasteiger partial charge in [0.2, 0.25) is 0 Å². The lowest BCUT2D eigenvalue weighted by molar-refractivity contribution is 0.616. The predicted octanol–water partition coefficient (Wildman–Crippen LogP) is 4.37. The number of nitrogens with one attached hydrogen (secondary N) is 1. The highest BCUT2D eigenvalue weighted by Crippen LogP contribution is 2.10. The fourth-order valence-electron chi connectivity index (χ4n) is 2.78. The van der Waals surface area contributed by atoms with E-state index in [2.05, 4.69) is 17.2 Å². The molecule has 0 amide bonds. The van der Waals surface area contributed by atoms with Crippen molar-refractivity contribution in [3.8, 4) is 0 Å². The van der Waals surface area contributed by atoms with Gasteiger partial charge in [-0.25, -0.2) is 4.79 Å². The summed E-state index contributed by atoms with van der Waals surface area (Å²) in [5.74, 6) is 0.720. The normalized spacial score (nSPS) is 10.8. The molecule has 0 aliphatic carbocycles. The molecule has 0 aliphatic rings. The summed E-state index contributed by atoms with van der Waals surface area (Å²) in [6, 6.07) is 9.98. The number of hydrogen-bond donors (Lipinski definition) is 1. The molecule has 130 valence electrons. The number of unbranched alkanes of at least 4 members (excludes halogenated alkanes) is 5. The van der Waals surface area contributed by atoms with Crippen LogP contribution in [0.1, 0.15) is 56.6 Å². The number of aryl methyl sites for hydroxylation is 1. The van der Waals surface area contributed by atoms with Gasteiger partial charge in [-0.2, -0.15) is 4.98 Å². The molecular formula is C20H29N3O. The van der Waals surface area contributed by atoms with Crippen molar-refractivity contribution in [3.05, 3.63) is 58.1 Å². The van der Waals surface area contributed by atoms with Crippen LogP contribution in [-0.2, 0) is 6.54 Å². The van der Waals surface area contributed by atoms with Gasteiger partial charge in [0.25, 0.3) is 0 Å². The van der Waals surface area contributed by atoms with E-state index in [-0.39, 0.29) is 5.69 Å². The highest BCUT2D eigenvalue weighted by atomic mass is 16.1. The number of anilines is 1. The standard InChI is InChI=1S/C20H29N3O/c1-3-4-5-6-7-11-14-21-19-17(2)15-23(20(24)22-19)16-18-12-9-8-10-13-18/h8-10,12-13,15H,3-7,11,14,16H2,1-2H3,(H,21,22,24). The number of rotatable bonds is 10. The van der Waals surface area contributed by atoms with Crippen molar-refractivity contribution >= 4 is 5.82 Å². The summed E-state index contributed by atoms with van der Waals surface area (Å²) in [5, 5.41) is 3.31. The molecule has 4 heteroatoms. The third-order valence-corrected chi connectivity index (χ3v) is 4.19. The summed E-state index contributed by atoms with van der Waals surface area (Å²) in [5.41, 5.74) is 1.92. The van der Waals surface area contributed by atoms with Crippen molar-refractivity contribution in [1.29, 1.82) is 0 Å². The number of nitrogens with zero attached hydrogens (tertiary/aromatic N) is 2. The fourth-order valence-corrected chi connectivity index (χ4v) is 2.78. The highest BCUT2D eigenvalue weighted by Gasteiger charge is 2.05. The Balaban J connectivity index is 1.86. The van der Waals surface area contributed by atoms with Gasteiger partial charge in [-0.3, -0.25) is 4.57 Å². The molecule has 0 unspecified atom stereocenters. The molecule has 0 radical (unpaired) electrons. The fraction of sp³-hybridized carbons (Fsp3) is 0.500. The number of benzene rings is 1. The van der Waals surface area contributed by atoms with E-state index in [1.54, 1.807) is 4.57 Å². The van der Waals surface area contributed by atoms with Crippen LogP contribution in [0.2, 0.25) is 0 Å². The average molecular weight is 327 g/mol. The van der Waals surface area contributed by atoms with Gasteiger partial charge in [0.05, 0.1) is 6.54 Å². The molecule has 0 atom stereocenters. The molecule has 0 spiro atoms. The smallest absolute Gasteiger partial charge is 0.349 e. The van der Waals surface area contributed by atoms with Gasteiger partial charge in [0.1, 0.15) is 5.82 Å². The zero-order valence-electron chi connectivity index (χ0n) is 14.9. The second kappa shape index (κ2) is 9.91. The van der Waals surface area contributed by atoms with Crippen LogP contribution >= 0.6 is 0 Å². The molecule has 0 bridgehead atoms. The summed E-state index contributed by atoms with van der Waals surface area (Å²) in [6.07, 6.45) is 9.47. The summed E-state index contributed by atoms with van der Waals surface area (Å²) in [6.45, 7) is 5.67. The monoisotopic (exact) mass is 327 g/mol. The number of aromatic nitrogens is 2. The van der Waals surface area contributed by atoms with Crippen molar-refractivity contribution in [1.82, 2.24) is 9.55 Å². The maximum atomic E-state index is 12.2. The van der Waals surface area contributed by atoms with Crippen molar-refractivity contribution in [2.75, 3.05) is 11.9 Å². The maximum Gasteiger partial charge on any atom is 0.349 e. The van der Waals surface area contributed by atoms with Crippen molar-refractivity contribution in [3.63, 3.8) is 0 Å². The van der Waals surface area contributed by atoms with Crippen LogP contribution in [0.4, 0.5) is 5.82 Å². The van der Waals surface area contributed by atoms with E-state index in [4.69, 9.17) is 0 Å². The topological polar surface area (TPSA) is 46.9 Å². The zero-order chi connectivity index (χ0) is 17.2. The Hall–Kier alpha value is -2.10. The SMILES string of the molecule is CCCCCCCCNc1nc(=O)n(Cc2ccccc2)cc1C. The zero-order valence-corrected chi connectivity index (χ0v) is 14.9. The largest absolute Gasteiger partial charge is 0.370 e. The molecule has 2 rings (SSSR count). The Bertz CT molecular complexity index is 664. The lowest BCUT2D eigenvalue weighted by Crippen LogP contribution is -2.25. The summed E-state index contributed by atoms with van der Waals surface area (Å²) < 4.78 is 1.67. The quantitative estimate of drug-likeness (QED) is 0.659. The van der Waals surface area contributed by atoms with Crippen LogP contribution in [0.15, 0.2) is 41.3 Å². The van der Waals surface area contributed by atoms with Gasteiger partial charge >= 0.3 is 5.69 Å². The van der Waals surface area contributed by atoms with Gasteiger partial charge in [-0.1, -0.05) is 69.4 Å². The van der Waals surface area contributed by atoms with E-state index >= 15 is 0 Å². The van der Waals surface area contributed by atoms with Crippen LogP contribution in [0, 0.1) is 6.92 Å². The Morgan fingerprint density at radius 1 is 1.04 bits per heavy atom. The molecule has 0 fully saturated rings. The Labute approximate surface area is 144 Å². The van der Waals surface area contributed by atoms with Gasteiger partial charge in [-0.05, 0) is 18.9 Å². The predicted molar refractivity (Wildman–Crippen MR) is 101 cm³/mol. The minimum absolute atomic E-state index is 0.199. The molecule has 0 saturated heterocycles. The minimum atomic E-state index is -0.199. The van der Waals surface area contributed by atoms with Gasteiger partial charge in [0.15, 0.2) is 0 Å². The lowest BCUT2D eigenvalue weighted by Gasteiger charge is -2.11. The van der Waals surface area contributed by atoms with Crippen molar-refractivity contribution < 1.29 is 0 Å². The molecule has 1 aromatic carbocycles. The van der Waals surface area contributed by atoms with E-state index in [0.717, 1.165) is 29.9 Å².